The van der Waals surface area contributed by atoms with Crippen molar-refractivity contribution in [1.29, 1.82) is 0 Å². The predicted octanol–water partition coefficient (Wildman–Crippen LogP) is 2.05. The van der Waals surface area contributed by atoms with Crippen molar-refractivity contribution in [2.75, 3.05) is 26.7 Å². The molecule has 0 radical (unpaired) electrons. The molecule has 1 aliphatic rings. The quantitative estimate of drug-likeness (QED) is 0.692. The Morgan fingerprint density at radius 2 is 2.26 bits per heavy atom. The van der Waals surface area contributed by atoms with Crippen LogP contribution in [0.3, 0.4) is 0 Å². The summed E-state index contributed by atoms with van der Waals surface area (Å²) < 4.78 is 5.66. The molecule has 1 fully saturated rings. The topological polar surface area (TPSA) is 37.4 Å². The lowest BCUT2D eigenvalue weighted by atomic mass is 10.3. The van der Waals surface area contributed by atoms with Gasteiger partial charge in [-0.15, -0.1) is 0 Å². The zero-order valence-corrected chi connectivity index (χ0v) is 12.1. The third-order valence-corrected chi connectivity index (χ3v) is 3.42. The highest BCUT2D eigenvalue weighted by molar-refractivity contribution is 5.17. The monoisotopic (exact) mass is 263 g/mol. The van der Waals surface area contributed by atoms with E-state index in [0.29, 0.717) is 6.61 Å². The van der Waals surface area contributed by atoms with E-state index in [9.17, 15) is 0 Å². The Morgan fingerprint density at radius 1 is 1.42 bits per heavy atom. The van der Waals surface area contributed by atoms with Crippen LogP contribution in [0.1, 0.15) is 31.7 Å². The number of rotatable bonds is 9. The summed E-state index contributed by atoms with van der Waals surface area (Å²) in [7, 11) is 2.16. The number of ether oxygens (including phenoxy) is 1. The molecule has 0 aromatic carbocycles. The molecular formula is C15H25N3O. The summed E-state index contributed by atoms with van der Waals surface area (Å²) in [5.41, 5.74) is 1.20. The molecule has 0 atom stereocenters. The van der Waals surface area contributed by atoms with E-state index >= 15 is 0 Å². The standard InChI is InChI=1S/C15H25N3O/c1-3-8-16-11-13-4-7-15(17-12-13)19-10-9-18(2)14-5-6-14/h4,7,12,14,16H,3,5-6,8-11H2,1-2H3. The Hall–Kier alpha value is -1.13. The number of likely N-dealkylation sites (N-methyl/N-ethyl adjacent to an activating group) is 1. The Balaban J connectivity index is 1.66. The minimum absolute atomic E-state index is 0.716. The van der Waals surface area contributed by atoms with Crippen LogP contribution in [0.2, 0.25) is 0 Å². The minimum Gasteiger partial charge on any atom is -0.476 e. The Labute approximate surface area is 116 Å². The van der Waals surface area contributed by atoms with Crippen molar-refractivity contribution in [1.82, 2.24) is 15.2 Å². The number of hydrogen-bond acceptors (Lipinski definition) is 4. The Kier molecular flexibility index (Phi) is 5.61. The molecule has 0 unspecified atom stereocenters. The van der Waals surface area contributed by atoms with Gasteiger partial charge < -0.3 is 15.0 Å². The van der Waals surface area contributed by atoms with Gasteiger partial charge >= 0.3 is 0 Å². The number of nitrogens with one attached hydrogen (secondary N) is 1. The smallest absolute Gasteiger partial charge is 0.213 e. The zero-order chi connectivity index (χ0) is 13.5. The van der Waals surface area contributed by atoms with Crippen molar-refractivity contribution < 1.29 is 4.74 Å². The molecule has 0 bridgehead atoms. The van der Waals surface area contributed by atoms with Crippen LogP contribution < -0.4 is 10.1 Å². The summed E-state index contributed by atoms with van der Waals surface area (Å²) in [5.74, 6) is 0.725. The van der Waals surface area contributed by atoms with Gasteiger partial charge in [0.15, 0.2) is 0 Å². The van der Waals surface area contributed by atoms with Crippen molar-refractivity contribution in [3.05, 3.63) is 23.9 Å². The van der Waals surface area contributed by atoms with E-state index in [4.69, 9.17) is 4.74 Å². The zero-order valence-electron chi connectivity index (χ0n) is 12.1. The molecule has 0 aliphatic heterocycles. The third kappa shape index (κ3) is 5.17. The van der Waals surface area contributed by atoms with Crippen molar-refractivity contribution >= 4 is 0 Å². The van der Waals surface area contributed by atoms with E-state index in [2.05, 4.69) is 35.2 Å². The molecule has 1 aromatic heterocycles. The molecule has 1 saturated carbocycles. The van der Waals surface area contributed by atoms with Gasteiger partial charge in [-0.25, -0.2) is 4.98 Å². The maximum absolute atomic E-state index is 5.66. The lowest BCUT2D eigenvalue weighted by Gasteiger charge is -2.15. The van der Waals surface area contributed by atoms with E-state index < -0.39 is 0 Å². The molecule has 19 heavy (non-hydrogen) atoms. The fourth-order valence-corrected chi connectivity index (χ4v) is 2.00. The highest BCUT2D eigenvalue weighted by Gasteiger charge is 2.25. The fourth-order valence-electron chi connectivity index (χ4n) is 2.00. The average molecular weight is 263 g/mol. The van der Waals surface area contributed by atoms with Crippen LogP contribution in [0.15, 0.2) is 18.3 Å². The van der Waals surface area contributed by atoms with Gasteiger partial charge in [0.2, 0.25) is 5.88 Å². The molecular weight excluding hydrogens is 238 g/mol. The van der Waals surface area contributed by atoms with Crippen molar-refractivity contribution in [2.24, 2.45) is 0 Å². The molecule has 0 amide bonds. The fraction of sp³-hybridized carbons (Fsp3) is 0.667. The van der Waals surface area contributed by atoms with Gasteiger partial charge in [0.05, 0.1) is 0 Å². The van der Waals surface area contributed by atoms with Crippen molar-refractivity contribution in [2.45, 2.75) is 38.8 Å². The van der Waals surface area contributed by atoms with Gasteiger partial charge in [-0.1, -0.05) is 13.0 Å². The first-order chi connectivity index (χ1) is 9.29. The van der Waals surface area contributed by atoms with Crippen LogP contribution in [-0.4, -0.2) is 42.7 Å². The first-order valence-corrected chi connectivity index (χ1v) is 7.28. The molecule has 4 nitrogen and oxygen atoms in total. The molecule has 0 spiro atoms. The van der Waals surface area contributed by atoms with Crippen molar-refractivity contribution in [3.63, 3.8) is 0 Å². The third-order valence-electron chi connectivity index (χ3n) is 3.42. The Morgan fingerprint density at radius 3 is 2.89 bits per heavy atom. The van der Waals surface area contributed by atoms with Crippen LogP contribution in [0, 0.1) is 0 Å². The van der Waals surface area contributed by atoms with Gasteiger partial charge in [0, 0.05) is 31.4 Å². The van der Waals surface area contributed by atoms with Crippen LogP contribution in [0.25, 0.3) is 0 Å². The average Bonchev–Trinajstić information content (AvgIpc) is 3.25. The molecule has 1 aromatic rings. The molecule has 4 heteroatoms. The summed E-state index contributed by atoms with van der Waals surface area (Å²) in [6.07, 6.45) is 5.73. The maximum Gasteiger partial charge on any atom is 0.213 e. The SMILES string of the molecule is CCCNCc1ccc(OCCN(C)C2CC2)nc1. The lowest BCUT2D eigenvalue weighted by Crippen LogP contribution is -2.26. The largest absolute Gasteiger partial charge is 0.476 e. The summed E-state index contributed by atoms with van der Waals surface area (Å²) >= 11 is 0. The highest BCUT2D eigenvalue weighted by Crippen LogP contribution is 2.24. The first-order valence-electron chi connectivity index (χ1n) is 7.28. The van der Waals surface area contributed by atoms with Crippen LogP contribution >= 0.6 is 0 Å². The number of hydrogen-bond donors (Lipinski definition) is 1. The Bertz CT molecular complexity index is 362. The van der Waals surface area contributed by atoms with Crippen LogP contribution in [0.5, 0.6) is 5.88 Å². The van der Waals surface area contributed by atoms with E-state index in [1.54, 1.807) is 0 Å². The molecule has 2 rings (SSSR count). The van der Waals surface area contributed by atoms with E-state index in [1.807, 2.05) is 12.3 Å². The van der Waals surface area contributed by atoms with Crippen LogP contribution in [0.4, 0.5) is 0 Å². The van der Waals surface area contributed by atoms with E-state index in [1.165, 1.54) is 18.4 Å². The first kappa shape index (κ1) is 14.3. The number of pyridine rings is 1. The molecule has 1 aliphatic carbocycles. The number of nitrogens with zero attached hydrogens (tertiary/aromatic N) is 2. The second kappa shape index (κ2) is 7.46. The van der Waals surface area contributed by atoms with Gasteiger partial charge in [-0.2, -0.15) is 0 Å². The summed E-state index contributed by atoms with van der Waals surface area (Å²) in [5, 5.41) is 3.36. The van der Waals surface area contributed by atoms with Gasteiger partial charge in [0.25, 0.3) is 0 Å². The summed E-state index contributed by atoms with van der Waals surface area (Å²) in [4.78, 5) is 6.70. The molecule has 106 valence electrons. The van der Waals surface area contributed by atoms with E-state index in [0.717, 1.165) is 38.0 Å². The predicted molar refractivity (Wildman–Crippen MR) is 77.4 cm³/mol. The highest BCUT2D eigenvalue weighted by atomic mass is 16.5. The van der Waals surface area contributed by atoms with Gasteiger partial charge in [-0.3, -0.25) is 0 Å². The van der Waals surface area contributed by atoms with Crippen molar-refractivity contribution in [3.8, 4) is 5.88 Å². The molecule has 0 saturated heterocycles. The second-order valence-corrected chi connectivity index (χ2v) is 5.24. The van der Waals surface area contributed by atoms with Gasteiger partial charge in [-0.05, 0) is 38.4 Å². The van der Waals surface area contributed by atoms with Crippen LogP contribution in [-0.2, 0) is 6.54 Å². The second-order valence-electron chi connectivity index (χ2n) is 5.24. The summed E-state index contributed by atoms with van der Waals surface area (Å²) in [6.45, 7) is 5.79. The summed E-state index contributed by atoms with van der Waals surface area (Å²) in [6, 6.07) is 4.83. The number of aromatic nitrogens is 1. The normalized spacial score (nSPS) is 14.9. The lowest BCUT2D eigenvalue weighted by molar-refractivity contribution is 0.226. The molecule has 1 N–H and O–H groups in total. The van der Waals surface area contributed by atoms with E-state index in [-0.39, 0.29) is 0 Å². The minimum atomic E-state index is 0.716. The molecule has 1 heterocycles. The maximum atomic E-state index is 5.66. The van der Waals surface area contributed by atoms with Gasteiger partial charge in [0.1, 0.15) is 6.61 Å².